The molecule has 0 radical (unpaired) electrons. The van der Waals surface area contributed by atoms with Gasteiger partial charge in [-0.1, -0.05) is 26.8 Å². The van der Waals surface area contributed by atoms with Crippen LogP contribution in [0.5, 0.6) is 5.75 Å². The number of ether oxygens (including phenoxy) is 1. The van der Waals surface area contributed by atoms with E-state index in [4.69, 9.17) is 4.74 Å². The fourth-order valence-electron chi connectivity index (χ4n) is 5.28. The SMILES string of the molecule is CC(C)(C)c1cc(I)c2c(c1)CNC1(O2)C2CC3C(C2)C31. The van der Waals surface area contributed by atoms with Crippen LogP contribution in [-0.4, -0.2) is 5.72 Å². The minimum absolute atomic E-state index is 0.00843. The minimum Gasteiger partial charge on any atom is -0.471 e. The lowest BCUT2D eigenvalue weighted by atomic mass is 9.85. The van der Waals surface area contributed by atoms with E-state index in [2.05, 4.69) is 60.8 Å². The number of hydrogen-bond acceptors (Lipinski definition) is 2. The first-order valence-electron chi connectivity index (χ1n) is 8.17. The quantitative estimate of drug-likeness (QED) is 0.670. The van der Waals surface area contributed by atoms with Crippen LogP contribution in [0, 0.1) is 27.2 Å². The van der Waals surface area contributed by atoms with Gasteiger partial charge in [-0.3, -0.25) is 5.32 Å². The number of halogens is 1. The number of nitrogens with one attached hydrogen (secondary N) is 1. The van der Waals surface area contributed by atoms with Crippen LogP contribution in [-0.2, 0) is 12.0 Å². The van der Waals surface area contributed by atoms with Crippen molar-refractivity contribution in [1.29, 1.82) is 0 Å². The molecule has 1 heterocycles. The maximum Gasteiger partial charge on any atom is 0.167 e. The van der Waals surface area contributed by atoms with Gasteiger partial charge >= 0.3 is 0 Å². The summed E-state index contributed by atoms with van der Waals surface area (Å²) in [6, 6.07) is 4.67. The van der Waals surface area contributed by atoms with Crippen LogP contribution in [0.15, 0.2) is 12.1 Å². The van der Waals surface area contributed by atoms with E-state index in [0.717, 1.165) is 30.2 Å². The van der Waals surface area contributed by atoms with E-state index in [1.165, 1.54) is 33.3 Å². The highest BCUT2D eigenvalue weighted by molar-refractivity contribution is 14.1. The summed E-state index contributed by atoms with van der Waals surface area (Å²) in [6.07, 6.45) is 2.79. The second-order valence-corrected chi connectivity index (χ2v) is 9.63. The summed E-state index contributed by atoms with van der Waals surface area (Å²) in [7, 11) is 0. The highest BCUT2D eigenvalue weighted by Gasteiger charge is 2.78. The molecule has 5 aliphatic rings. The molecule has 4 aliphatic carbocycles. The van der Waals surface area contributed by atoms with Crippen molar-refractivity contribution in [2.45, 2.75) is 51.3 Å². The summed E-state index contributed by atoms with van der Waals surface area (Å²) in [5.74, 6) is 4.66. The Morgan fingerprint density at radius 1 is 1.24 bits per heavy atom. The third kappa shape index (κ3) is 1.57. The summed E-state index contributed by atoms with van der Waals surface area (Å²) >= 11 is 2.47. The third-order valence-corrected chi connectivity index (χ3v) is 7.16. The maximum absolute atomic E-state index is 6.67. The van der Waals surface area contributed by atoms with Crippen LogP contribution in [0.1, 0.15) is 44.7 Å². The van der Waals surface area contributed by atoms with Crippen molar-refractivity contribution in [2.75, 3.05) is 0 Å². The molecule has 1 aliphatic heterocycles. The lowest BCUT2D eigenvalue weighted by Crippen LogP contribution is -2.56. The monoisotopic (exact) mass is 395 g/mol. The Kier molecular flexibility index (Phi) is 2.37. The van der Waals surface area contributed by atoms with E-state index < -0.39 is 0 Å². The second-order valence-electron chi connectivity index (χ2n) is 8.47. The zero-order valence-corrected chi connectivity index (χ0v) is 15.0. The molecule has 1 aromatic carbocycles. The Balaban J connectivity index is 1.56. The van der Waals surface area contributed by atoms with Crippen LogP contribution >= 0.6 is 22.6 Å². The Labute approximate surface area is 140 Å². The lowest BCUT2D eigenvalue weighted by molar-refractivity contribution is -0.0205. The van der Waals surface area contributed by atoms with Crippen molar-refractivity contribution in [1.82, 2.24) is 5.32 Å². The number of rotatable bonds is 0. The van der Waals surface area contributed by atoms with Gasteiger partial charge in [-0.25, -0.2) is 0 Å². The second kappa shape index (κ2) is 3.78. The van der Waals surface area contributed by atoms with Gasteiger partial charge in [-0.15, -0.1) is 0 Å². The van der Waals surface area contributed by atoms with E-state index in [-0.39, 0.29) is 11.1 Å². The predicted molar refractivity (Wildman–Crippen MR) is 91.3 cm³/mol. The van der Waals surface area contributed by atoms with Gasteiger partial charge in [0.2, 0.25) is 0 Å². The molecule has 1 N–H and O–H groups in total. The Bertz CT molecular complexity index is 633. The van der Waals surface area contributed by atoms with Crippen LogP contribution in [0.25, 0.3) is 0 Å². The molecule has 21 heavy (non-hydrogen) atoms. The van der Waals surface area contributed by atoms with E-state index in [1.807, 2.05) is 0 Å². The third-order valence-electron chi connectivity index (χ3n) is 6.36. The Morgan fingerprint density at radius 2 is 1.95 bits per heavy atom. The van der Waals surface area contributed by atoms with Crippen molar-refractivity contribution >= 4 is 22.6 Å². The van der Waals surface area contributed by atoms with Crippen molar-refractivity contribution in [3.8, 4) is 5.75 Å². The topological polar surface area (TPSA) is 21.3 Å². The maximum atomic E-state index is 6.67. The molecule has 4 fully saturated rings. The molecule has 1 aromatic rings. The zero-order chi connectivity index (χ0) is 14.6. The average Bonchev–Trinajstić information content (AvgIpc) is 2.72. The Hall–Kier alpha value is -0.290. The van der Waals surface area contributed by atoms with Gasteiger partial charge in [-0.05, 0) is 64.3 Å². The molecule has 6 rings (SSSR count). The smallest absolute Gasteiger partial charge is 0.167 e. The molecule has 1 spiro atoms. The van der Waals surface area contributed by atoms with Gasteiger partial charge in [0.15, 0.2) is 5.72 Å². The average molecular weight is 395 g/mol. The molecule has 3 unspecified atom stereocenters. The molecule has 4 bridgehead atoms. The molecule has 112 valence electrons. The molecule has 3 atom stereocenters. The van der Waals surface area contributed by atoms with Gasteiger partial charge in [0.05, 0.1) is 3.57 Å². The molecule has 2 nitrogen and oxygen atoms in total. The standard InChI is InChI=1S/C18H22INO/c1-17(2,3)10-4-9-8-20-18(21-16(9)14(19)7-10)11-5-12-13(6-11)15(12)18/h4,7,11-13,15,20H,5-6,8H2,1-3H3. The van der Waals surface area contributed by atoms with Gasteiger partial charge in [-0.2, -0.15) is 0 Å². The van der Waals surface area contributed by atoms with E-state index in [0.29, 0.717) is 0 Å². The fourth-order valence-corrected chi connectivity index (χ4v) is 6.07. The van der Waals surface area contributed by atoms with Crippen LogP contribution in [0.4, 0.5) is 0 Å². The van der Waals surface area contributed by atoms with Crippen LogP contribution < -0.4 is 10.1 Å². The summed E-state index contributed by atoms with van der Waals surface area (Å²) < 4.78 is 7.96. The zero-order valence-electron chi connectivity index (χ0n) is 12.9. The predicted octanol–water partition coefficient (Wildman–Crippen LogP) is 4.05. The number of benzene rings is 1. The molecule has 4 saturated carbocycles. The Morgan fingerprint density at radius 3 is 2.52 bits per heavy atom. The summed E-state index contributed by atoms with van der Waals surface area (Å²) in [4.78, 5) is 0. The minimum atomic E-state index is -0.00843. The first-order chi connectivity index (χ1) is 9.90. The van der Waals surface area contributed by atoms with Crippen molar-refractivity contribution in [2.24, 2.45) is 23.7 Å². The highest BCUT2D eigenvalue weighted by atomic mass is 127. The first-order valence-corrected chi connectivity index (χ1v) is 9.25. The molecule has 0 saturated heterocycles. The lowest BCUT2D eigenvalue weighted by Gasteiger charge is -2.40. The molecule has 0 aromatic heterocycles. The van der Waals surface area contributed by atoms with E-state index in [1.54, 1.807) is 0 Å². The van der Waals surface area contributed by atoms with Crippen molar-refractivity contribution in [3.05, 3.63) is 26.8 Å². The number of hydrogen-bond donors (Lipinski definition) is 1. The van der Waals surface area contributed by atoms with E-state index >= 15 is 0 Å². The van der Waals surface area contributed by atoms with Gasteiger partial charge < -0.3 is 4.74 Å². The van der Waals surface area contributed by atoms with Crippen LogP contribution in [0.3, 0.4) is 0 Å². The molecular weight excluding hydrogens is 373 g/mol. The van der Waals surface area contributed by atoms with Gasteiger partial charge in [0.1, 0.15) is 5.75 Å². The highest BCUT2D eigenvalue weighted by Crippen LogP contribution is 2.75. The molecular formula is C18H22INO. The molecule has 0 amide bonds. The fraction of sp³-hybridized carbons (Fsp3) is 0.667. The normalized spacial score (nSPS) is 42.1. The summed E-state index contributed by atoms with van der Waals surface area (Å²) in [5.41, 5.74) is 2.94. The van der Waals surface area contributed by atoms with E-state index in [9.17, 15) is 0 Å². The van der Waals surface area contributed by atoms with Gasteiger partial charge in [0.25, 0.3) is 0 Å². The largest absolute Gasteiger partial charge is 0.471 e. The summed E-state index contributed by atoms with van der Waals surface area (Å²) in [6.45, 7) is 7.82. The first kappa shape index (κ1) is 13.2. The van der Waals surface area contributed by atoms with Crippen molar-refractivity contribution < 1.29 is 4.74 Å². The van der Waals surface area contributed by atoms with Crippen molar-refractivity contribution in [3.63, 3.8) is 0 Å². The molecule has 3 heteroatoms. The summed E-state index contributed by atoms with van der Waals surface area (Å²) in [5, 5.41) is 3.81. The van der Waals surface area contributed by atoms with Gasteiger partial charge in [0, 0.05) is 23.9 Å². The number of fused-ring (bicyclic) bond motifs is 1. The van der Waals surface area contributed by atoms with Crippen LogP contribution in [0.2, 0.25) is 0 Å².